The van der Waals surface area contributed by atoms with Gasteiger partial charge in [-0.3, -0.25) is 0 Å². The Bertz CT molecular complexity index is 338. The Morgan fingerprint density at radius 1 is 1.40 bits per heavy atom. The van der Waals surface area contributed by atoms with Gasteiger partial charge in [0.1, 0.15) is 12.2 Å². The molecule has 1 saturated heterocycles. The molecule has 2 unspecified atom stereocenters. The van der Waals surface area contributed by atoms with E-state index in [4.69, 9.17) is 19.4 Å². The van der Waals surface area contributed by atoms with Gasteiger partial charge in [0, 0.05) is 5.92 Å². The number of nitrogens with zero attached hydrogens (tertiary/aromatic N) is 1. The molecule has 0 aromatic rings. The zero-order valence-corrected chi connectivity index (χ0v) is 12.6. The molecule has 0 aromatic carbocycles. The van der Waals surface area contributed by atoms with Crippen molar-refractivity contribution in [3.63, 3.8) is 0 Å². The van der Waals surface area contributed by atoms with Crippen LogP contribution in [0.3, 0.4) is 0 Å². The largest absolute Gasteiger partial charge is 0.411 e. The lowest BCUT2D eigenvalue weighted by atomic mass is 9.97. The van der Waals surface area contributed by atoms with E-state index < -0.39 is 29.9 Å². The van der Waals surface area contributed by atoms with Crippen LogP contribution in [-0.2, 0) is 14.2 Å². The lowest BCUT2D eigenvalue weighted by molar-refractivity contribution is -0.195. The van der Waals surface area contributed by atoms with Crippen molar-refractivity contribution in [3.05, 3.63) is 0 Å². The van der Waals surface area contributed by atoms with E-state index in [1.807, 2.05) is 0 Å². The fraction of sp³-hybridized carbons (Fsp3) is 0.923. The van der Waals surface area contributed by atoms with Crippen molar-refractivity contribution in [2.75, 3.05) is 6.61 Å². The average molecular weight is 291 g/mol. The predicted molar refractivity (Wildman–Crippen MR) is 71.5 cm³/mol. The summed E-state index contributed by atoms with van der Waals surface area (Å²) in [5.74, 6) is -2.42. The minimum Gasteiger partial charge on any atom is -0.411 e. The zero-order chi connectivity index (χ0) is 15.6. The highest BCUT2D eigenvalue weighted by Crippen LogP contribution is 2.31. The van der Waals surface area contributed by atoms with Gasteiger partial charge in [-0.2, -0.15) is 0 Å². The Morgan fingerprint density at radius 2 is 2.00 bits per heavy atom. The quantitative estimate of drug-likeness (QED) is 0.288. The smallest absolute Gasteiger partial charge is 0.164 e. The van der Waals surface area contributed by atoms with Crippen molar-refractivity contribution in [1.29, 1.82) is 0 Å². The van der Waals surface area contributed by atoms with Crippen molar-refractivity contribution in [3.8, 4) is 0 Å². The number of oxime groups is 1. The minimum absolute atomic E-state index is 0.161. The molecule has 118 valence electrons. The molecule has 3 N–H and O–H groups in total. The van der Waals surface area contributed by atoms with Crippen LogP contribution in [0.2, 0.25) is 0 Å². The molecule has 20 heavy (non-hydrogen) atoms. The summed E-state index contributed by atoms with van der Waals surface area (Å²) < 4.78 is 16.4. The second-order valence-electron chi connectivity index (χ2n) is 6.05. The van der Waals surface area contributed by atoms with E-state index in [0.717, 1.165) is 0 Å². The van der Waals surface area contributed by atoms with Crippen molar-refractivity contribution in [2.45, 2.75) is 64.5 Å². The number of hydrogen-bond donors (Lipinski definition) is 3. The SMILES string of the molecule is C[C@H](COC(C)(C)O)[C@H](O)C1OC(C)(C)OC1/C=N\O. The molecule has 0 amide bonds. The van der Waals surface area contributed by atoms with Crippen molar-refractivity contribution < 1.29 is 29.6 Å². The van der Waals surface area contributed by atoms with Crippen molar-refractivity contribution in [1.82, 2.24) is 0 Å². The first-order valence-corrected chi connectivity index (χ1v) is 6.63. The molecule has 1 aliphatic heterocycles. The first-order valence-electron chi connectivity index (χ1n) is 6.63. The maximum atomic E-state index is 10.3. The first kappa shape index (κ1) is 17.3. The van der Waals surface area contributed by atoms with Crippen LogP contribution in [0.15, 0.2) is 5.16 Å². The lowest BCUT2D eigenvalue weighted by Crippen LogP contribution is -2.42. The summed E-state index contributed by atoms with van der Waals surface area (Å²) in [5.41, 5.74) is 0. The van der Waals surface area contributed by atoms with Crippen LogP contribution < -0.4 is 0 Å². The van der Waals surface area contributed by atoms with Gasteiger partial charge in [0.15, 0.2) is 11.6 Å². The second-order valence-corrected chi connectivity index (χ2v) is 6.05. The van der Waals surface area contributed by atoms with Crippen molar-refractivity contribution in [2.24, 2.45) is 11.1 Å². The number of hydrogen-bond acceptors (Lipinski definition) is 7. The third kappa shape index (κ3) is 4.99. The minimum atomic E-state index is -1.26. The molecule has 0 bridgehead atoms. The highest BCUT2D eigenvalue weighted by molar-refractivity contribution is 5.63. The standard InChI is InChI=1S/C13H25NO6/c1-8(7-18-12(2,3)16)10(15)11-9(6-14-17)19-13(4,5)20-11/h6,8-11,15-17H,7H2,1-5H3/b14-6-/t8-,9?,10+,11?/m1/s1. The van der Waals surface area contributed by atoms with Crippen LogP contribution in [0, 0.1) is 5.92 Å². The molecule has 1 heterocycles. The Hall–Kier alpha value is -0.730. The van der Waals surface area contributed by atoms with Gasteiger partial charge in [0.05, 0.1) is 18.9 Å². The van der Waals surface area contributed by atoms with Gasteiger partial charge in [0.25, 0.3) is 0 Å². The molecule has 4 atom stereocenters. The molecule has 0 aliphatic carbocycles. The number of rotatable bonds is 6. The van der Waals surface area contributed by atoms with Crippen molar-refractivity contribution >= 4 is 6.21 Å². The molecule has 0 radical (unpaired) electrons. The molecule has 7 heteroatoms. The lowest BCUT2D eigenvalue weighted by Gasteiger charge is -2.28. The average Bonchev–Trinajstić information content (AvgIpc) is 2.60. The Balaban J connectivity index is 2.66. The van der Waals surface area contributed by atoms with Crippen LogP contribution in [0.25, 0.3) is 0 Å². The summed E-state index contributed by atoms with van der Waals surface area (Å²) in [4.78, 5) is 0. The van der Waals surface area contributed by atoms with Gasteiger partial charge in [-0.25, -0.2) is 0 Å². The van der Waals surface area contributed by atoms with Crippen LogP contribution in [0.1, 0.15) is 34.6 Å². The van der Waals surface area contributed by atoms with Crippen LogP contribution >= 0.6 is 0 Å². The Kier molecular flexibility index (Phi) is 5.51. The van der Waals surface area contributed by atoms with E-state index in [0.29, 0.717) is 0 Å². The molecule has 1 aliphatic rings. The molecule has 0 spiro atoms. The van der Waals surface area contributed by atoms with Gasteiger partial charge in [-0.1, -0.05) is 12.1 Å². The van der Waals surface area contributed by atoms with Gasteiger partial charge in [-0.15, -0.1) is 0 Å². The molecule has 0 aromatic heterocycles. The van der Waals surface area contributed by atoms with E-state index in [9.17, 15) is 10.2 Å². The third-order valence-electron chi connectivity index (χ3n) is 3.00. The Labute approximate surface area is 119 Å². The summed E-state index contributed by atoms with van der Waals surface area (Å²) in [6, 6.07) is 0. The van der Waals surface area contributed by atoms with E-state index in [1.54, 1.807) is 20.8 Å². The summed E-state index contributed by atoms with van der Waals surface area (Å²) in [6.45, 7) is 8.41. The number of aliphatic hydroxyl groups excluding tert-OH is 1. The highest BCUT2D eigenvalue weighted by Gasteiger charge is 2.45. The fourth-order valence-corrected chi connectivity index (χ4v) is 2.02. The normalized spacial score (nSPS) is 29.8. The van der Waals surface area contributed by atoms with E-state index in [2.05, 4.69) is 5.16 Å². The molecule has 1 fully saturated rings. The van der Waals surface area contributed by atoms with Gasteiger partial charge in [-0.05, 0) is 27.7 Å². The van der Waals surface area contributed by atoms with Gasteiger partial charge < -0.3 is 29.6 Å². The molecule has 7 nitrogen and oxygen atoms in total. The van der Waals surface area contributed by atoms with Crippen LogP contribution in [0.4, 0.5) is 0 Å². The summed E-state index contributed by atoms with van der Waals surface area (Å²) in [6.07, 6.45) is -1.01. The first-order chi connectivity index (χ1) is 9.06. The fourth-order valence-electron chi connectivity index (χ4n) is 2.02. The van der Waals surface area contributed by atoms with Gasteiger partial charge >= 0.3 is 0 Å². The molecular formula is C13H25NO6. The molecular weight excluding hydrogens is 266 g/mol. The third-order valence-corrected chi connectivity index (χ3v) is 3.00. The number of ether oxygens (including phenoxy) is 3. The summed E-state index contributed by atoms with van der Waals surface area (Å²) in [5, 5.41) is 31.4. The second kappa shape index (κ2) is 6.36. The van der Waals surface area contributed by atoms with E-state index in [-0.39, 0.29) is 12.5 Å². The van der Waals surface area contributed by atoms with E-state index >= 15 is 0 Å². The topological polar surface area (TPSA) is 101 Å². The molecule has 1 rings (SSSR count). The summed E-state index contributed by atoms with van der Waals surface area (Å²) in [7, 11) is 0. The number of aliphatic hydroxyl groups is 2. The predicted octanol–water partition coefficient (Wildman–Crippen LogP) is 0.708. The van der Waals surface area contributed by atoms with Gasteiger partial charge in [0.2, 0.25) is 0 Å². The van der Waals surface area contributed by atoms with E-state index in [1.165, 1.54) is 20.1 Å². The highest BCUT2D eigenvalue weighted by atomic mass is 16.8. The maximum Gasteiger partial charge on any atom is 0.164 e. The Morgan fingerprint density at radius 3 is 2.50 bits per heavy atom. The summed E-state index contributed by atoms with van der Waals surface area (Å²) >= 11 is 0. The maximum absolute atomic E-state index is 10.3. The van der Waals surface area contributed by atoms with Crippen LogP contribution in [-0.4, -0.2) is 58.1 Å². The van der Waals surface area contributed by atoms with Crippen LogP contribution in [0.5, 0.6) is 0 Å². The zero-order valence-electron chi connectivity index (χ0n) is 12.6. The monoisotopic (exact) mass is 291 g/mol. The molecule has 0 saturated carbocycles.